The molecule has 2 aliphatic rings. The van der Waals surface area contributed by atoms with E-state index in [1.54, 1.807) is 6.20 Å². The Kier molecular flexibility index (Phi) is 4.39. The molecule has 140 valence electrons. The number of H-pyrrole nitrogens is 1. The minimum Gasteiger partial charge on any atom is -0.481 e. The first kappa shape index (κ1) is 17.0. The minimum absolute atomic E-state index is 0.0571. The summed E-state index contributed by atoms with van der Waals surface area (Å²) in [6.45, 7) is 1.96. The van der Waals surface area contributed by atoms with Gasteiger partial charge in [-0.15, -0.1) is 0 Å². The molecule has 4 N–H and O–H groups in total. The smallest absolute Gasteiger partial charge is 0.309 e. The number of fused-ring (bicyclic) bond motifs is 1. The van der Waals surface area contributed by atoms with Gasteiger partial charge >= 0.3 is 5.97 Å². The van der Waals surface area contributed by atoms with Crippen LogP contribution in [0, 0.1) is 5.41 Å². The van der Waals surface area contributed by atoms with Crippen molar-refractivity contribution in [2.45, 2.75) is 44.6 Å². The van der Waals surface area contributed by atoms with Gasteiger partial charge in [-0.2, -0.15) is 15.1 Å². The number of carboxylic acids is 1. The van der Waals surface area contributed by atoms with Gasteiger partial charge in [0.05, 0.1) is 23.1 Å². The summed E-state index contributed by atoms with van der Waals surface area (Å²) in [7, 11) is 0. The van der Waals surface area contributed by atoms with E-state index in [-0.39, 0.29) is 12.1 Å². The molecule has 4 heterocycles. The highest BCUT2D eigenvalue weighted by molar-refractivity contribution is 5.87. The fraction of sp³-hybridized carbons (Fsp3) is 0.647. The second kappa shape index (κ2) is 6.71. The van der Waals surface area contributed by atoms with Crippen LogP contribution in [-0.4, -0.2) is 57.0 Å². The van der Waals surface area contributed by atoms with Gasteiger partial charge in [0.2, 0.25) is 5.95 Å². The maximum Gasteiger partial charge on any atom is 0.309 e. The quantitative estimate of drug-likeness (QED) is 0.749. The predicted molar refractivity (Wildman–Crippen MR) is 95.8 cm³/mol. The number of nitrogens with two attached hydrogens (primary N) is 1. The topological polar surface area (TPSA) is 130 Å². The standard InChI is InChI=1S/C17H24N6O3/c18-16-20-13-12(10-19-22-13)14(21-16)23-6-4-17(5-7-23,15(24)25)9-11-3-1-2-8-26-11/h10-11H,1-9H2,(H,24,25)(H3,18,19,20,21,22)/t11-/m0/s1. The number of hydrogen-bond donors (Lipinski definition) is 3. The number of nitrogen functional groups attached to an aromatic ring is 1. The van der Waals surface area contributed by atoms with Crippen molar-refractivity contribution < 1.29 is 14.6 Å². The average molecular weight is 360 g/mol. The molecular weight excluding hydrogens is 336 g/mol. The van der Waals surface area contributed by atoms with E-state index in [2.05, 4.69) is 25.1 Å². The van der Waals surface area contributed by atoms with Crippen LogP contribution >= 0.6 is 0 Å². The second-order valence-corrected chi connectivity index (χ2v) is 7.30. The summed E-state index contributed by atoms with van der Waals surface area (Å²) < 4.78 is 5.80. The molecule has 0 aliphatic carbocycles. The van der Waals surface area contributed by atoms with Crippen LogP contribution in [0.2, 0.25) is 0 Å². The van der Waals surface area contributed by atoms with Crippen molar-refractivity contribution >= 4 is 28.8 Å². The van der Waals surface area contributed by atoms with E-state index in [4.69, 9.17) is 10.5 Å². The van der Waals surface area contributed by atoms with E-state index in [0.717, 1.165) is 31.3 Å². The summed E-state index contributed by atoms with van der Waals surface area (Å²) in [5.74, 6) is 0.179. The first-order chi connectivity index (χ1) is 12.6. The van der Waals surface area contributed by atoms with Crippen molar-refractivity contribution in [3.63, 3.8) is 0 Å². The lowest BCUT2D eigenvalue weighted by molar-refractivity contribution is -0.154. The average Bonchev–Trinajstić information content (AvgIpc) is 3.11. The van der Waals surface area contributed by atoms with Gasteiger partial charge in [-0.1, -0.05) is 0 Å². The molecule has 0 bridgehead atoms. The Morgan fingerprint density at radius 3 is 2.88 bits per heavy atom. The molecule has 0 radical (unpaired) electrons. The summed E-state index contributed by atoms with van der Waals surface area (Å²) in [6, 6.07) is 0. The zero-order chi connectivity index (χ0) is 18.1. The molecule has 4 rings (SSSR count). The molecule has 0 amide bonds. The number of hydrogen-bond acceptors (Lipinski definition) is 7. The zero-order valence-electron chi connectivity index (χ0n) is 14.6. The third-order valence-corrected chi connectivity index (χ3v) is 5.67. The molecule has 2 aromatic heterocycles. The van der Waals surface area contributed by atoms with Gasteiger partial charge < -0.3 is 20.5 Å². The molecule has 2 fully saturated rings. The molecule has 0 unspecified atom stereocenters. The van der Waals surface area contributed by atoms with Gasteiger partial charge in [-0.3, -0.25) is 9.89 Å². The predicted octanol–water partition coefficient (Wildman–Crippen LogP) is 1.57. The number of aromatic amines is 1. The van der Waals surface area contributed by atoms with Crippen LogP contribution in [0.5, 0.6) is 0 Å². The van der Waals surface area contributed by atoms with Crippen molar-refractivity contribution in [3.8, 4) is 0 Å². The summed E-state index contributed by atoms with van der Waals surface area (Å²) >= 11 is 0. The van der Waals surface area contributed by atoms with Gasteiger partial charge in [0, 0.05) is 19.7 Å². The van der Waals surface area contributed by atoms with Crippen LogP contribution in [0.1, 0.15) is 38.5 Å². The lowest BCUT2D eigenvalue weighted by Crippen LogP contribution is -2.47. The first-order valence-electron chi connectivity index (χ1n) is 9.14. The number of aromatic nitrogens is 4. The summed E-state index contributed by atoms with van der Waals surface area (Å²) in [6.07, 6.45) is 6.59. The fourth-order valence-electron chi connectivity index (χ4n) is 4.13. The van der Waals surface area contributed by atoms with Crippen molar-refractivity contribution in [2.24, 2.45) is 5.41 Å². The van der Waals surface area contributed by atoms with Gasteiger partial charge in [-0.05, 0) is 38.5 Å². The van der Waals surface area contributed by atoms with E-state index in [0.29, 0.717) is 43.8 Å². The number of ether oxygens (including phenoxy) is 1. The SMILES string of the molecule is Nc1nc(N2CCC(C[C@@H]3CCCCO3)(C(=O)O)CC2)c2cn[nH]c2n1. The number of rotatable bonds is 4. The number of nitrogens with one attached hydrogen (secondary N) is 1. The highest BCUT2D eigenvalue weighted by atomic mass is 16.5. The van der Waals surface area contributed by atoms with Gasteiger partial charge in [0.1, 0.15) is 5.82 Å². The van der Waals surface area contributed by atoms with Crippen molar-refractivity contribution in [3.05, 3.63) is 6.20 Å². The van der Waals surface area contributed by atoms with E-state index in [9.17, 15) is 9.90 Å². The van der Waals surface area contributed by atoms with E-state index < -0.39 is 11.4 Å². The highest BCUT2D eigenvalue weighted by Crippen LogP contribution is 2.40. The Balaban J connectivity index is 1.52. The molecule has 9 heteroatoms. The molecule has 1 atom stereocenters. The van der Waals surface area contributed by atoms with Gasteiger partial charge in [-0.25, -0.2) is 0 Å². The van der Waals surface area contributed by atoms with Gasteiger partial charge in [0.15, 0.2) is 5.65 Å². The van der Waals surface area contributed by atoms with E-state index in [1.165, 1.54) is 0 Å². The zero-order valence-corrected chi connectivity index (χ0v) is 14.6. The van der Waals surface area contributed by atoms with Crippen LogP contribution in [-0.2, 0) is 9.53 Å². The van der Waals surface area contributed by atoms with Crippen LogP contribution in [0.15, 0.2) is 6.20 Å². The molecule has 0 saturated carbocycles. The molecule has 0 aromatic carbocycles. The van der Waals surface area contributed by atoms with E-state index >= 15 is 0 Å². The second-order valence-electron chi connectivity index (χ2n) is 7.30. The Labute approximate surface area is 150 Å². The number of nitrogens with zero attached hydrogens (tertiary/aromatic N) is 4. The molecule has 9 nitrogen and oxygen atoms in total. The van der Waals surface area contributed by atoms with E-state index in [1.807, 2.05) is 0 Å². The molecule has 2 saturated heterocycles. The number of aliphatic carboxylic acids is 1. The maximum atomic E-state index is 12.1. The largest absolute Gasteiger partial charge is 0.481 e. The van der Waals surface area contributed by atoms with Crippen molar-refractivity contribution in [1.29, 1.82) is 0 Å². The van der Waals surface area contributed by atoms with Crippen LogP contribution in [0.4, 0.5) is 11.8 Å². The van der Waals surface area contributed by atoms with Crippen LogP contribution in [0.25, 0.3) is 11.0 Å². The summed E-state index contributed by atoms with van der Waals surface area (Å²) in [5.41, 5.74) is 5.67. The van der Waals surface area contributed by atoms with Crippen LogP contribution < -0.4 is 10.6 Å². The lowest BCUT2D eigenvalue weighted by atomic mass is 9.73. The maximum absolute atomic E-state index is 12.1. The number of piperidine rings is 1. The Morgan fingerprint density at radius 2 is 2.19 bits per heavy atom. The number of anilines is 2. The summed E-state index contributed by atoms with van der Waals surface area (Å²) in [4.78, 5) is 22.7. The van der Waals surface area contributed by atoms with Crippen LogP contribution in [0.3, 0.4) is 0 Å². The highest BCUT2D eigenvalue weighted by Gasteiger charge is 2.44. The Hall–Kier alpha value is -2.42. The Bertz CT molecular complexity index is 793. The number of carboxylic acid groups (broad SMARTS) is 1. The molecule has 2 aromatic rings. The normalized spacial score (nSPS) is 23.2. The van der Waals surface area contributed by atoms with Gasteiger partial charge in [0.25, 0.3) is 0 Å². The molecule has 2 aliphatic heterocycles. The first-order valence-corrected chi connectivity index (χ1v) is 9.14. The number of carbonyl (C=O) groups is 1. The summed E-state index contributed by atoms with van der Waals surface area (Å²) in [5, 5.41) is 17.5. The third kappa shape index (κ3) is 3.07. The Morgan fingerprint density at radius 1 is 1.38 bits per heavy atom. The van der Waals surface area contributed by atoms with Crippen molar-refractivity contribution in [1.82, 2.24) is 20.2 Å². The third-order valence-electron chi connectivity index (χ3n) is 5.67. The minimum atomic E-state index is -0.730. The molecular formula is C17H24N6O3. The molecule has 26 heavy (non-hydrogen) atoms. The lowest BCUT2D eigenvalue weighted by Gasteiger charge is -2.41. The van der Waals surface area contributed by atoms with Crippen molar-refractivity contribution in [2.75, 3.05) is 30.3 Å². The molecule has 0 spiro atoms. The monoisotopic (exact) mass is 360 g/mol. The fourth-order valence-corrected chi connectivity index (χ4v) is 4.13.